The van der Waals surface area contributed by atoms with E-state index < -0.39 is 0 Å². The quantitative estimate of drug-likeness (QED) is 0.784. The second-order valence-corrected chi connectivity index (χ2v) is 7.09. The predicted octanol–water partition coefficient (Wildman–Crippen LogP) is 3.03. The monoisotopic (exact) mass is 321 g/mol. The molecule has 0 aromatic heterocycles. The van der Waals surface area contributed by atoms with Gasteiger partial charge in [-0.2, -0.15) is 0 Å². The van der Waals surface area contributed by atoms with E-state index in [0.717, 1.165) is 6.54 Å². The molecule has 3 heteroatoms. The van der Waals surface area contributed by atoms with E-state index in [1.807, 2.05) is 0 Å². The molecule has 2 aliphatic rings. The van der Waals surface area contributed by atoms with Crippen LogP contribution in [0.4, 0.5) is 0 Å². The van der Waals surface area contributed by atoms with Gasteiger partial charge in [0.05, 0.1) is 12.1 Å². The summed E-state index contributed by atoms with van der Waals surface area (Å²) in [6.07, 6.45) is 0. The molecule has 4 rings (SSSR count). The van der Waals surface area contributed by atoms with E-state index in [-0.39, 0.29) is 0 Å². The van der Waals surface area contributed by atoms with Gasteiger partial charge >= 0.3 is 0 Å². The van der Waals surface area contributed by atoms with Crippen molar-refractivity contribution in [1.29, 1.82) is 0 Å². The van der Waals surface area contributed by atoms with E-state index in [1.165, 1.54) is 43.9 Å². The number of hydrogen-bond donors (Lipinski definition) is 0. The number of nitrogens with zero attached hydrogens (tertiary/aromatic N) is 3. The summed E-state index contributed by atoms with van der Waals surface area (Å²) in [7, 11) is 2.22. The Morgan fingerprint density at radius 3 is 1.71 bits per heavy atom. The van der Waals surface area contributed by atoms with Crippen LogP contribution in [-0.4, -0.2) is 61.0 Å². The molecule has 0 amide bonds. The van der Waals surface area contributed by atoms with E-state index in [4.69, 9.17) is 0 Å². The molecule has 0 bridgehead atoms. The zero-order valence-electron chi connectivity index (χ0n) is 14.5. The van der Waals surface area contributed by atoms with Gasteiger partial charge in [-0.1, -0.05) is 60.7 Å². The van der Waals surface area contributed by atoms with Gasteiger partial charge in [-0.15, -0.1) is 0 Å². The first-order chi connectivity index (χ1) is 11.8. The van der Waals surface area contributed by atoms with Gasteiger partial charge in [-0.05, 0) is 18.2 Å². The second-order valence-electron chi connectivity index (χ2n) is 7.09. The molecule has 0 saturated carbocycles. The van der Waals surface area contributed by atoms with Gasteiger partial charge in [-0.3, -0.25) is 9.80 Å². The van der Waals surface area contributed by atoms with Crippen molar-refractivity contribution in [2.24, 2.45) is 0 Å². The summed E-state index contributed by atoms with van der Waals surface area (Å²) in [5.74, 6) is 0. The molecule has 2 aliphatic heterocycles. The highest BCUT2D eigenvalue weighted by atomic mass is 15.4. The third-order valence-electron chi connectivity index (χ3n) is 5.48. The van der Waals surface area contributed by atoms with Crippen molar-refractivity contribution in [2.45, 2.75) is 12.1 Å². The van der Waals surface area contributed by atoms with Crippen LogP contribution in [0, 0.1) is 0 Å². The maximum atomic E-state index is 2.66. The Labute approximate surface area is 145 Å². The van der Waals surface area contributed by atoms with E-state index in [1.54, 1.807) is 0 Å². The fourth-order valence-corrected chi connectivity index (χ4v) is 3.93. The average Bonchev–Trinajstić information content (AvgIpc) is 3.37. The van der Waals surface area contributed by atoms with Crippen molar-refractivity contribution in [3.05, 3.63) is 71.8 Å². The highest BCUT2D eigenvalue weighted by Gasteiger charge is 2.48. The molecular formula is C21H27N3. The van der Waals surface area contributed by atoms with Crippen LogP contribution in [0.25, 0.3) is 0 Å². The van der Waals surface area contributed by atoms with Gasteiger partial charge < -0.3 is 4.90 Å². The van der Waals surface area contributed by atoms with Gasteiger partial charge in [-0.25, -0.2) is 0 Å². The molecule has 0 N–H and O–H groups in total. The Morgan fingerprint density at radius 1 is 0.708 bits per heavy atom. The van der Waals surface area contributed by atoms with Crippen molar-refractivity contribution in [3.63, 3.8) is 0 Å². The summed E-state index contributed by atoms with van der Waals surface area (Å²) < 4.78 is 0. The standard InChI is InChI=1S/C21H27N3/c1-22-12-14-23(15-13-22)16-17-24-20(18-8-4-2-5-9-18)21(24)19-10-6-3-7-11-19/h2-11,20-21H,12-17H2,1H3. The maximum Gasteiger partial charge on any atom is 0.0552 e. The molecule has 2 atom stereocenters. The van der Waals surface area contributed by atoms with Gasteiger partial charge in [0, 0.05) is 39.3 Å². The molecule has 2 unspecified atom stereocenters. The molecule has 0 aliphatic carbocycles. The summed E-state index contributed by atoms with van der Waals surface area (Å²) >= 11 is 0. The summed E-state index contributed by atoms with van der Waals surface area (Å²) in [5, 5.41) is 0. The third-order valence-corrected chi connectivity index (χ3v) is 5.48. The molecule has 2 saturated heterocycles. The number of likely N-dealkylation sites (N-methyl/N-ethyl adjacent to an activating group) is 1. The molecule has 2 heterocycles. The number of rotatable bonds is 5. The molecule has 3 nitrogen and oxygen atoms in total. The highest BCUT2D eigenvalue weighted by molar-refractivity contribution is 5.34. The van der Waals surface area contributed by atoms with Crippen molar-refractivity contribution >= 4 is 0 Å². The van der Waals surface area contributed by atoms with Gasteiger partial charge in [0.1, 0.15) is 0 Å². The minimum Gasteiger partial charge on any atom is -0.304 e. The summed E-state index contributed by atoms with van der Waals surface area (Å²) in [6.45, 7) is 7.14. The molecule has 126 valence electrons. The molecule has 24 heavy (non-hydrogen) atoms. The fraction of sp³-hybridized carbons (Fsp3) is 0.429. The fourth-order valence-electron chi connectivity index (χ4n) is 3.93. The van der Waals surface area contributed by atoms with Gasteiger partial charge in [0.15, 0.2) is 0 Å². The lowest BCUT2D eigenvalue weighted by Gasteiger charge is -2.32. The Hall–Kier alpha value is -1.68. The second kappa shape index (κ2) is 7.06. The normalized spacial score (nSPS) is 28.0. The molecule has 0 spiro atoms. The van der Waals surface area contributed by atoms with Gasteiger partial charge in [0.25, 0.3) is 0 Å². The lowest BCUT2D eigenvalue weighted by Crippen LogP contribution is -2.45. The minimum atomic E-state index is 0.543. The van der Waals surface area contributed by atoms with Crippen molar-refractivity contribution in [3.8, 4) is 0 Å². The number of piperazine rings is 1. The Balaban J connectivity index is 1.44. The maximum absolute atomic E-state index is 2.66. The van der Waals surface area contributed by atoms with Crippen LogP contribution in [0.2, 0.25) is 0 Å². The number of benzene rings is 2. The summed E-state index contributed by atoms with van der Waals surface area (Å²) in [5.41, 5.74) is 2.90. The summed E-state index contributed by atoms with van der Waals surface area (Å²) in [4.78, 5) is 7.69. The first-order valence-electron chi connectivity index (χ1n) is 9.09. The molecule has 2 fully saturated rings. The highest BCUT2D eigenvalue weighted by Crippen LogP contribution is 2.54. The Morgan fingerprint density at radius 2 is 1.21 bits per heavy atom. The van der Waals surface area contributed by atoms with E-state index in [2.05, 4.69) is 82.4 Å². The van der Waals surface area contributed by atoms with Crippen LogP contribution in [-0.2, 0) is 0 Å². The van der Waals surface area contributed by atoms with Crippen molar-refractivity contribution in [2.75, 3.05) is 46.3 Å². The first-order valence-corrected chi connectivity index (χ1v) is 9.09. The average molecular weight is 321 g/mol. The van der Waals surface area contributed by atoms with Crippen molar-refractivity contribution in [1.82, 2.24) is 14.7 Å². The third kappa shape index (κ3) is 3.39. The minimum absolute atomic E-state index is 0.543. The zero-order chi connectivity index (χ0) is 16.4. The summed E-state index contributed by atoms with van der Waals surface area (Å²) in [6, 6.07) is 23.0. The van der Waals surface area contributed by atoms with Crippen LogP contribution in [0.15, 0.2) is 60.7 Å². The zero-order valence-corrected chi connectivity index (χ0v) is 14.5. The smallest absolute Gasteiger partial charge is 0.0552 e. The molecule has 2 aromatic rings. The van der Waals surface area contributed by atoms with E-state index in [0.29, 0.717) is 12.1 Å². The molecule has 2 aromatic carbocycles. The van der Waals surface area contributed by atoms with Crippen LogP contribution in [0.5, 0.6) is 0 Å². The Kier molecular flexibility index (Phi) is 4.65. The van der Waals surface area contributed by atoms with E-state index in [9.17, 15) is 0 Å². The van der Waals surface area contributed by atoms with Crippen LogP contribution < -0.4 is 0 Å². The lowest BCUT2D eigenvalue weighted by atomic mass is 10.0. The van der Waals surface area contributed by atoms with Gasteiger partial charge in [0.2, 0.25) is 0 Å². The number of hydrogen-bond acceptors (Lipinski definition) is 3. The molecular weight excluding hydrogens is 294 g/mol. The lowest BCUT2D eigenvalue weighted by molar-refractivity contribution is 0.148. The SMILES string of the molecule is CN1CCN(CCN2C(c3ccccc3)C2c2ccccc2)CC1. The largest absolute Gasteiger partial charge is 0.304 e. The van der Waals surface area contributed by atoms with Crippen LogP contribution in [0.3, 0.4) is 0 Å². The molecule has 0 radical (unpaired) electrons. The topological polar surface area (TPSA) is 9.49 Å². The predicted molar refractivity (Wildman–Crippen MR) is 99.0 cm³/mol. The van der Waals surface area contributed by atoms with Crippen LogP contribution >= 0.6 is 0 Å². The van der Waals surface area contributed by atoms with E-state index >= 15 is 0 Å². The van der Waals surface area contributed by atoms with Crippen LogP contribution in [0.1, 0.15) is 23.2 Å². The Bertz CT molecular complexity index is 589. The van der Waals surface area contributed by atoms with Crippen molar-refractivity contribution < 1.29 is 0 Å². The first kappa shape index (κ1) is 15.8.